The molecule has 7 heteroatoms. The number of hydrogen-bond donors (Lipinski definition) is 2. The Kier molecular flexibility index (Phi) is 3.08. The fourth-order valence-corrected chi connectivity index (χ4v) is 2.11. The molecule has 1 aromatic heterocycles. The van der Waals surface area contributed by atoms with Crippen LogP contribution in [0.15, 0.2) is 4.42 Å². The Hall–Kier alpha value is -1.92. The highest BCUT2D eigenvalue weighted by atomic mass is 16.4. The molecule has 2 rings (SSSR count). The summed E-state index contributed by atoms with van der Waals surface area (Å²) >= 11 is 0. The second-order valence-corrected chi connectivity index (χ2v) is 4.10. The Morgan fingerprint density at radius 3 is 2.65 bits per heavy atom. The van der Waals surface area contributed by atoms with E-state index in [2.05, 4.69) is 15.5 Å². The summed E-state index contributed by atoms with van der Waals surface area (Å²) in [5.74, 6) is -2.07. The lowest BCUT2D eigenvalue weighted by Crippen LogP contribution is -2.30. The topological polar surface area (TPSA) is 105 Å². The number of aromatic nitrogens is 2. The minimum atomic E-state index is -0.927. The Balaban J connectivity index is 2.02. The molecule has 1 aliphatic rings. The zero-order valence-electron chi connectivity index (χ0n) is 9.34. The Morgan fingerprint density at radius 1 is 1.35 bits per heavy atom. The predicted octanol–water partition coefficient (Wildman–Crippen LogP) is 0.817. The van der Waals surface area contributed by atoms with E-state index in [1.165, 1.54) is 0 Å². The lowest BCUT2D eigenvalue weighted by molar-refractivity contribution is -0.145. The van der Waals surface area contributed by atoms with Gasteiger partial charge in [-0.2, -0.15) is 0 Å². The molecule has 0 unspecified atom stereocenters. The van der Waals surface area contributed by atoms with Crippen molar-refractivity contribution in [1.82, 2.24) is 10.2 Å². The van der Waals surface area contributed by atoms with Crippen molar-refractivity contribution in [3.05, 3.63) is 5.89 Å². The standard InChI is InChI=1S/C10H13N3O4/c1-5-12-13-10(17-5)11-8(14)6-3-2-4-7(6)9(15)16/h6-7H,2-4H2,1H3,(H,15,16)(H,11,13,14)/t6-,7+/m1/s1. The fraction of sp³-hybridized carbons (Fsp3) is 0.600. The van der Waals surface area contributed by atoms with Gasteiger partial charge in [-0.15, -0.1) is 5.10 Å². The number of carboxylic acid groups (broad SMARTS) is 1. The van der Waals surface area contributed by atoms with E-state index in [1.807, 2.05) is 0 Å². The Morgan fingerprint density at radius 2 is 2.06 bits per heavy atom. The maximum atomic E-state index is 11.8. The van der Waals surface area contributed by atoms with Crippen molar-refractivity contribution >= 4 is 17.9 Å². The highest BCUT2D eigenvalue weighted by molar-refractivity contribution is 5.93. The minimum Gasteiger partial charge on any atom is -0.481 e. The number of aryl methyl sites for hydroxylation is 1. The van der Waals surface area contributed by atoms with E-state index in [1.54, 1.807) is 6.92 Å². The van der Waals surface area contributed by atoms with Crippen LogP contribution in [0.5, 0.6) is 0 Å². The number of carbonyl (C=O) groups excluding carboxylic acids is 1. The van der Waals surface area contributed by atoms with Crippen molar-refractivity contribution in [2.75, 3.05) is 5.32 Å². The van der Waals surface area contributed by atoms with Crippen LogP contribution in [0.25, 0.3) is 0 Å². The van der Waals surface area contributed by atoms with Crippen molar-refractivity contribution in [3.63, 3.8) is 0 Å². The van der Waals surface area contributed by atoms with Gasteiger partial charge in [0.05, 0.1) is 11.8 Å². The van der Waals surface area contributed by atoms with Gasteiger partial charge in [0.1, 0.15) is 0 Å². The number of anilines is 1. The number of rotatable bonds is 3. The van der Waals surface area contributed by atoms with Crippen LogP contribution in [0.4, 0.5) is 6.01 Å². The molecule has 0 aromatic carbocycles. The third-order valence-corrected chi connectivity index (χ3v) is 2.93. The first kappa shape index (κ1) is 11.6. The van der Waals surface area contributed by atoms with Crippen molar-refractivity contribution < 1.29 is 19.1 Å². The molecule has 0 saturated heterocycles. The zero-order chi connectivity index (χ0) is 12.4. The largest absolute Gasteiger partial charge is 0.481 e. The molecule has 0 radical (unpaired) electrons. The molecule has 0 spiro atoms. The molecule has 2 N–H and O–H groups in total. The van der Waals surface area contributed by atoms with Crippen molar-refractivity contribution in [2.24, 2.45) is 11.8 Å². The summed E-state index contributed by atoms with van der Waals surface area (Å²) in [6, 6.07) is 0.0172. The second kappa shape index (κ2) is 4.52. The molecule has 7 nitrogen and oxygen atoms in total. The number of nitrogens with one attached hydrogen (secondary N) is 1. The van der Waals surface area contributed by atoms with Crippen LogP contribution < -0.4 is 5.32 Å². The zero-order valence-corrected chi connectivity index (χ0v) is 9.34. The summed E-state index contributed by atoms with van der Waals surface area (Å²) in [5.41, 5.74) is 0. The molecular weight excluding hydrogens is 226 g/mol. The maximum absolute atomic E-state index is 11.8. The molecule has 1 aromatic rings. The first-order valence-electron chi connectivity index (χ1n) is 5.41. The number of nitrogens with zero attached hydrogens (tertiary/aromatic N) is 2. The summed E-state index contributed by atoms with van der Waals surface area (Å²) in [5, 5.41) is 18.6. The van der Waals surface area contributed by atoms with Gasteiger partial charge in [0.15, 0.2) is 0 Å². The summed E-state index contributed by atoms with van der Waals surface area (Å²) < 4.78 is 5.01. The summed E-state index contributed by atoms with van der Waals surface area (Å²) in [7, 11) is 0. The van der Waals surface area contributed by atoms with E-state index in [-0.39, 0.29) is 11.9 Å². The van der Waals surface area contributed by atoms with Gasteiger partial charge in [-0.3, -0.25) is 14.9 Å². The van der Waals surface area contributed by atoms with Gasteiger partial charge >= 0.3 is 12.0 Å². The molecule has 2 atom stereocenters. The normalized spacial score (nSPS) is 23.6. The third kappa shape index (κ3) is 2.43. The van der Waals surface area contributed by atoms with Crippen LogP contribution in [-0.4, -0.2) is 27.2 Å². The highest BCUT2D eigenvalue weighted by Gasteiger charge is 2.38. The van der Waals surface area contributed by atoms with Crippen LogP contribution in [-0.2, 0) is 9.59 Å². The van der Waals surface area contributed by atoms with Crippen molar-refractivity contribution in [1.29, 1.82) is 0 Å². The summed E-state index contributed by atoms with van der Waals surface area (Å²) in [6.07, 6.45) is 1.87. The van der Waals surface area contributed by atoms with Gasteiger partial charge < -0.3 is 9.52 Å². The quantitative estimate of drug-likeness (QED) is 0.808. The number of aliphatic carboxylic acids is 1. The molecule has 1 heterocycles. The van der Waals surface area contributed by atoms with E-state index in [4.69, 9.17) is 9.52 Å². The molecule has 0 aliphatic heterocycles. The first-order valence-corrected chi connectivity index (χ1v) is 5.41. The van der Waals surface area contributed by atoms with E-state index in [9.17, 15) is 9.59 Å². The predicted molar refractivity (Wildman–Crippen MR) is 56.1 cm³/mol. The monoisotopic (exact) mass is 239 g/mol. The average Bonchev–Trinajstić information content (AvgIpc) is 2.86. The highest BCUT2D eigenvalue weighted by Crippen LogP contribution is 2.32. The third-order valence-electron chi connectivity index (χ3n) is 2.93. The first-order chi connectivity index (χ1) is 8.08. The van der Waals surface area contributed by atoms with E-state index < -0.39 is 17.8 Å². The summed E-state index contributed by atoms with van der Waals surface area (Å²) in [6.45, 7) is 1.61. The lowest BCUT2D eigenvalue weighted by Gasteiger charge is -2.13. The number of hydrogen-bond acceptors (Lipinski definition) is 5. The van der Waals surface area contributed by atoms with Crippen LogP contribution in [0.1, 0.15) is 25.2 Å². The molecule has 0 bridgehead atoms. The number of carbonyl (C=O) groups is 2. The molecular formula is C10H13N3O4. The molecule has 17 heavy (non-hydrogen) atoms. The maximum Gasteiger partial charge on any atom is 0.322 e. The van der Waals surface area contributed by atoms with Crippen molar-refractivity contribution in [3.8, 4) is 0 Å². The lowest BCUT2D eigenvalue weighted by atomic mass is 9.95. The molecule has 1 aliphatic carbocycles. The number of carboxylic acids is 1. The SMILES string of the molecule is Cc1nnc(NC(=O)[C@@H]2CCC[C@@H]2C(=O)O)o1. The van der Waals surface area contributed by atoms with Gasteiger partial charge in [0, 0.05) is 6.92 Å². The second-order valence-electron chi connectivity index (χ2n) is 4.10. The van der Waals surface area contributed by atoms with Crippen LogP contribution in [0.3, 0.4) is 0 Å². The number of amides is 1. The molecule has 1 fully saturated rings. The minimum absolute atomic E-state index is 0.0172. The van der Waals surface area contributed by atoms with Crippen molar-refractivity contribution in [2.45, 2.75) is 26.2 Å². The van der Waals surface area contributed by atoms with E-state index in [0.29, 0.717) is 18.7 Å². The average molecular weight is 239 g/mol. The van der Waals surface area contributed by atoms with Crippen LogP contribution in [0.2, 0.25) is 0 Å². The summed E-state index contributed by atoms with van der Waals surface area (Å²) in [4.78, 5) is 22.8. The molecule has 1 saturated carbocycles. The van der Waals surface area contributed by atoms with Gasteiger partial charge in [-0.05, 0) is 12.8 Å². The van der Waals surface area contributed by atoms with E-state index >= 15 is 0 Å². The molecule has 92 valence electrons. The smallest absolute Gasteiger partial charge is 0.322 e. The van der Waals surface area contributed by atoms with E-state index in [0.717, 1.165) is 6.42 Å². The van der Waals surface area contributed by atoms with Gasteiger partial charge in [-0.25, -0.2) is 0 Å². The Bertz CT molecular complexity index is 443. The van der Waals surface area contributed by atoms with Gasteiger partial charge in [0.25, 0.3) is 0 Å². The van der Waals surface area contributed by atoms with Crippen LogP contribution >= 0.6 is 0 Å². The fourth-order valence-electron chi connectivity index (χ4n) is 2.11. The molecule has 1 amide bonds. The Labute approximate surface area is 97.2 Å². The van der Waals surface area contributed by atoms with Crippen LogP contribution in [0, 0.1) is 18.8 Å². The van der Waals surface area contributed by atoms with Gasteiger partial charge in [-0.1, -0.05) is 11.5 Å². The van der Waals surface area contributed by atoms with Gasteiger partial charge in [0.2, 0.25) is 11.8 Å².